The molecule has 0 aliphatic heterocycles. The molecule has 0 aliphatic rings. The molecule has 128 valence electrons. The molecule has 1 aromatic carbocycles. The third kappa shape index (κ3) is 4.68. The van der Waals surface area contributed by atoms with Gasteiger partial charge in [-0.05, 0) is 30.3 Å². The fourth-order valence-corrected chi connectivity index (χ4v) is 1.69. The lowest BCUT2D eigenvalue weighted by molar-refractivity contribution is -0.137. The van der Waals surface area contributed by atoms with Gasteiger partial charge in [0.2, 0.25) is 5.91 Å². The predicted molar refractivity (Wildman–Crippen MR) is 84.8 cm³/mol. The lowest BCUT2D eigenvalue weighted by Gasteiger charge is -2.16. The van der Waals surface area contributed by atoms with Crippen molar-refractivity contribution >= 4 is 23.2 Å². The van der Waals surface area contributed by atoms with Crippen molar-refractivity contribution < 1.29 is 18.0 Å². The van der Waals surface area contributed by atoms with Crippen molar-refractivity contribution in [2.24, 2.45) is 5.41 Å². The second-order valence-electron chi connectivity index (χ2n) is 6.21. The monoisotopic (exact) mass is 338 g/mol. The number of carbonyl (C=O) groups is 1. The summed E-state index contributed by atoms with van der Waals surface area (Å²) in [5.74, 6) is 0.322. The number of nitrogens with zero attached hydrogens (tertiary/aromatic N) is 2. The number of halogens is 3. The van der Waals surface area contributed by atoms with Crippen LogP contribution < -0.4 is 10.6 Å². The van der Waals surface area contributed by atoms with Crippen LogP contribution in [0.25, 0.3) is 0 Å². The molecule has 1 aromatic heterocycles. The average molecular weight is 338 g/mol. The van der Waals surface area contributed by atoms with Crippen molar-refractivity contribution in [3.8, 4) is 0 Å². The molecule has 0 saturated carbocycles. The Morgan fingerprint density at radius 3 is 2.17 bits per heavy atom. The number of benzene rings is 1. The summed E-state index contributed by atoms with van der Waals surface area (Å²) in [4.78, 5) is 11.8. The smallest absolute Gasteiger partial charge is 0.339 e. The van der Waals surface area contributed by atoms with Gasteiger partial charge in [0.05, 0.1) is 5.56 Å². The van der Waals surface area contributed by atoms with Gasteiger partial charge in [-0.25, -0.2) is 0 Å². The van der Waals surface area contributed by atoms with Crippen LogP contribution >= 0.6 is 0 Å². The molecule has 8 heteroatoms. The quantitative estimate of drug-likeness (QED) is 0.879. The van der Waals surface area contributed by atoms with E-state index < -0.39 is 17.2 Å². The SMILES string of the molecule is CC(C)(C)C(=O)Nc1ccc(Nc2cccc(C(F)(F)F)c2)nn1. The van der Waals surface area contributed by atoms with E-state index in [0.29, 0.717) is 0 Å². The Labute approximate surface area is 137 Å². The van der Waals surface area contributed by atoms with E-state index in [-0.39, 0.29) is 23.2 Å². The van der Waals surface area contributed by atoms with E-state index >= 15 is 0 Å². The van der Waals surface area contributed by atoms with Crippen LogP contribution in [0, 0.1) is 5.41 Å². The lowest BCUT2D eigenvalue weighted by atomic mass is 9.96. The summed E-state index contributed by atoms with van der Waals surface area (Å²) in [6.07, 6.45) is -4.41. The molecule has 0 saturated heterocycles. The summed E-state index contributed by atoms with van der Waals surface area (Å²) < 4.78 is 38.0. The molecule has 2 aromatic rings. The maximum atomic E-state index is 12.7. The van der Waals surface area contributed by atoms with Gasteiger partial charge in [-0.2, -0.15) is 13.2 Å². The van der Waals surface area contributed by atoms with E-state index in [0.717, 1.165) is 12.1 Å². The molecule has 2 rings (SSSR count). The van der Waals surface area contributed by atoms with Crippen LogP contribution in [0.1, 0.15) is 26.3 Å². The summed E-state index contributed by atoms with van der Waals surface area (Å²) >= 11 is 0. The molecule has 2 N–H and O–H groups in total. The Bertz CT molecular complexity index is 721. The van der Waals surface area contributed by atoms with E-state index in [1.54, 1.807) is 20.8 Å². The molecule has 0 fully saturated rings. The van der Waals surface area contributed by atoms with E-state index in [4.69, 9.17) is 0 Å². The van der Waals surface area contributed by atoms with Crippen molar-refractivity contribution in [2.45, 2.75) is 26.9 Å². The first-order valence-corrected chi connectivity index (χ1v) is 7.15. The summed E-state index contributed by atoms with van der Waals surface area (Å²) in [6, 6.07) is 7.81. The zero-order chi connectivity index (χ0) is 18.0. The minimum atomic E-state index is -4.41. The molecule has 0 spiro atoms. The summed E-state index contributed by atoms with van der Waals surface area (Å²) in [5, 5.41) is 13.0. The van der Waals surface area contributed by atoms with Gasteiger partial charge in [0.15, 0.2) is 11.6 Å². The largest absolute Gasteiger partial charge is 0.416 e. The minimum Gasteiger partial charge on any atom is -0.339 e. The van der Waals surface area contributed by atoms with Gasteiger partial charge in [0.1, 0.15) is 0 Å². The average Bonchev–Trinajstić information content (AvgIpc) is 2.48. The molecule has 0 bridgehead atoms. The van der Waals surface area contributed by atoms with Crippen molar-refractivity contribution in [1.29, 1.82) is 0 Å². The maximum Gasteiger partial charge on any atom is 0.416 e. The number of hydrogen-bond acceptors (Lipinski definition) is 4. The van der Waals surface area contributed by atoms with Crippen LogP contribution in [0.4, 0.5) is 30.5 Å². The number of rotatable bonds is 3. The third-order valence-corrected chi connectivity index (χ3v) is 3.05. The Morgan fingerprint density at radius 2 is 1.62 bits per heavy atom. The highest BCUT2D eigenvalue weighted by Crippen LogP contribution is 2.31. The molecule has 0 aliphatic carbocycles. The summed E-state index contributed by atoms with van der Waals surface area (Å²) in [5.41, 5.74) is -1.09. The van der Waals surface area contributed by atoms with Crippen molar-refractivity contribution in [3.05, 3.63) is 42.0 Å². The lowest BCUT2D eigenvalue weighted by Crippen LogP contribution is -2.28. The standard InChI is InChI=1S/C16H17F3N4O/c1-15(2,3)14(24)21-13-8-7-12(22-23-13)20-11-6-4-5-10(9-11)16(17,18)19/h4-9H,1-3H3,(H,20,22)(H,21,23,24). The van der Waals surface area contributed by atoms with Gasteiger partial charge in [-0.3, -0.25) is 4.79 Å². The number of alkyl halides is 3. The minimum absolute atomic E-state index is 0.213. The first kappa shape index (κ1) is 17.7. The Morgan fingerprint density at radius 1 is 1.00 bits per heavy atom. The zero-order valence-corrected chi connectivity index (χ0v) is 13.4. The molecule has 0 radical (unpaired) electrons. The fraction of sp³-hybridized carbons (Fsp3) is 0.312. The molecule has 1 amide bonds. The number of amides is 1. The molecule has 0 unspecified atom stereocenters. The van der Waals surface area contributed by atoms with Gasteiger partial charge in [0.25, 0.3) is 0 Å². The number of aromatic nitrogens is 2. The van der Waals surface area contributed by atoms with Gasteiger partial charge >= 0.3 is 6.18 Å². The molecule has 1 heterocycles. The maximum absolute atomic E-state index is 12.7. The van der Waals surface area contributed by atoms with Crippen molar-refractivity contribution in [3.63, 3.8) is 0 Å². The van der Waals surface area contributed by atoms with Crippen molar-refractivity contribution in [1.82, 2.24) is 10.2 Å². The first-order valence-electron chi connectivity index (χ1n) is 7.15. The number of nitrogens with one attached hydrogen (secondary N) is 2. The Kier molecular flexibility index (Phi) is 4.77. The molecule has 5 nitrogen and oxygen atoms in total. The molecule has 24 heavy (non-hydrogen) atoms. The topological polar surface area (TPSA) is 66.9 Å². The number of carbonyl (C=O) groups excluding carboxylic acids is 1. The van der Waals surface area contributed by atoms with E-state index in [1.165, 1.54) is 24.3 Å². The number of hydrogen-bond donors (Lipinski definition) is 2. The van der Waals surface area contributed by atoms with Gasteiger partial charge in [0, 0.05) is 11.1 Å². The van der Waals surface area contributed by atoms with E-state index in [2.05, 4.69) is 20.8 Å². The van der Waals surface area contributed by atoms with E-state index in [1.807, 2.05) is 0 Å². The first-order chi connectivity index (χ1) is 11.1. The fourth-order valence-electron chi connectivity index (χ4n) is 1.69. The second-order valence-corrected chi connectivity index (χ2v) is 6.21. The summed E-state index contributed by atoms with van der Waals surface area (Å²) in [7, 11) is 0. The normalized spacial score (nSPS) is 11.9. The van der Waals surface area contributed by atoms with Crippen LogP contribution in [-0.2, 0) is 11.0 Å². The van der Waals surface area contributed by atoms with Gasteiger partial charge in [-0.15, -0.1) is 10.2 Å². The molecular weight excluding hydrogens is 321 g/mol. The molecular formula is C16H17F3N4O. The zero-order valence-electron chi connectivity index (χ0n) is 13.4. The highest BCUT2D eigenvalue weighted by atomic mass is 19.4. The van der Waals surface area contributed by atoms with Crippen LogP contribution in [0.3, 0.4) is 0 Å². The van der Waals surface area contributed by atoms with Crippen LogP contribution in [0.5, 0.6) is 0 Å². The highest BCUT2D eigenvalue weighted by Gasteiger charge is 2.30. The Hall–Kier alpha value is -2.64. The Balaban J connectivity index is 2.08. The van der Waals surface area contributed by atoms with Crippen LogP contribution in [0.15, 0.2) is 36.4 Å². The van der Waals surface area contributed by atoms with Crippen molar-refractivity contribution in [2.75, 3.05) is 10.6 Å². The molecule has 0 atom stereocenters. The van der Waals surface area contributed by atoms with Crippen LogP contribution in [-0.4, -0.2) is 16.1 Å². The second kappa shape index (κ2) is 6.46. The van der Waals surface area contributed by atoms with E-state index in [9.17, 15) is 18.0 Å². The van der Waals surface area contributed by atoms with Gasteiger partial charge < -0.3 is 10.6 Å². The predicted octanol–water partition coefficient (Wildman–Crippen LogP) is 4.22. The highest BCUT2D eigenvalue weighted by molar-refractivity contribution is 5.93. The van der Waals surface area contributed by atoms with Crippen LogP contribution in [0.2, 0.25) is 0 Å². The third-order valence-electron chi connectivity index (χ3n) is 3.05. The van der Waals surface area contributed by atoms with Gasteiger partial charge in [-0.1, -0.05) is 26.8 Å². The number of anilines is 3. The summed E-state index contributed by atoms with van der Waals surface area (Å²) in [6.45, 7) is 5.29.